The fourth-order valence-corrected chi connectivity index (χ4v) is 3.81. The summed E-state index contributed by atoms with van der Waals surface area (Å²) >= 11 is 0. The second-order valence-electron chi connectivity index (χ2n) is 8.45. The summed E-state index contributed by atoms with van der Waals surface area (Å²) in [7, 11) is 0. The van der Waals surface area contributed by atoms with E-state index in [0.29, 0.717) is 17.3 Å². The summed E-state index contributed by atoms with van der Waals surface area (Å²) in [4.78, 5) is 28.7. The number of fused-ring (bicyclic) bond motifs is 1. The maximum absolute atomic E-state index is 12.6. The quantitative estimate of drug-likeness (QED) is 0.762. The molecule has 1 fully saturated rings. The van der Waals surface area contributed by atoms with E-state index in [9.17, 15) is 9.59 Å². The summed E-state index contributed by atoms with van der Waals surface area (Å²) < 4.78 is 11.5. The Labute approximate surface area is 171 Å². The van der Waals surface area contributed by atoms with Gasteiger partial charge in [-0.05, 0) is 54.5 Å². The van der Waals surface area contributed by atoms with Crippen LogP contribution < -0.4 is 9.64 Å². The van der Waals surface area contributed by atoms with Crippen molar-refractivity contribution in [3.05, 3.63) is 47.4 Å². The van der Waals surface area contributed by atoms with Crippen LogP contribution in [-0.4, -0.2) is 36.4 Å². The number of carbonyl (C=O) groups is 2. The molecule has 29 heavy (non-hydrogen) atoms. The highest BCUT2D eigenvalue weighted by molar-refractivity contribution is 5.98. The topological polar surface area (TPSA) is 63.0 Å². The third-order valence-corrected chi connectivity index (χ3v) is 6.15. The predicted octanol–water partition coefficient (Wildman–Crippen LogP) is 4.13. The number of rotatable bonds is 5. The van der Waals surface area contributed by atoms with E-state index < -0.39 is 0 Å². The molecule has 0 saturated carbocycles. The van der Waals surface area contributed by atoms with Crippen molar-refractivity contribution in [1.82, 2.24) is 4.90 Å². The lowest BCUT2D eigenvalue weighted by atomic mass is 9.82. The number of benzene rings is 1. The fourth-order valence-electron chi connectivity index (χ4n) is 3.81. The van der Waals surface area contributed by atoms with Gasteiger partial charge in [0.2, 0.25) is 0 Å². The molecule has 4 rings (SSSR count). The summed E-state index contributed by atoms with van der Waals surface area (Å²) in [6.45, 7) is 8.37. The smallest absolute Gasteiger partial charge is 0.289 e. The second-order valence-corrected chi connectivity index (χ2v) is 8.45. The number of anilines is 1. The first-order chi connectivity index (χ1) is 13.9. The van der Waals surface area contributed by atoms with E-state index in [1.807, 2.05) is 17.0 Å². The maximum atomic E-state index is 12.6. The Balaban J connectivity index is 1.59. The number of furan rings is 1. The van der Waals surface area contributed by atoms with Gasteiger partial charge in [0.05, 0.1) is 12.2 Å². The third kappa shape index (κ3) is 3.76. The number of carbonyl (C=O) groups excluding carboxylic acids is 2. The molecular formula is C23H28N2O4. The van der Waals surface area contributed by atoms with Gasteiger partial charge < -0.3 is 14.1 Å². The molecule has 2 aromatic rings. The first-order valence-corrected chi connectivity index (χ1v) is 10.3. The van der Waals surface area contributed by atoms with Crippen molar-refractivity contribution in [2.24, 2.45) is 0 Å². The van der Waals surface area contributed by atoms with Gasteiger partial charge in [0.1, 0.15) is 11.5 Å². The zero-order valence-electron chi connectivity index (χ0n) is 17.4. The Kier molecular flexibility index (Phi) is 5.11. The van der Waals surface area contributed by atoms with Crippen LogP contribution in [0.3, 0.4) is 0 Å². The van der Waals surface area contributed by atoms with E-state index in [1.165, 1.54) is 0 Å². The Morgan fingerprint density at radius 1 is 1.14 bits per heavy atom. The summed E-state index contributed by atoms with van der Waals surface area (Å²) in [6, 6.07) is 9.53. The first-order valence-electron chi connectivity index (χ1n) is 10.3. The highest BCUT2D eigenvalue weighted by Gasteiger charge is 2.30. The van der Waals surface area contributed by atoms with Crippen molar-refractivity contribution in [3.63, 3.8) is 0 Å². The normalized spacial score (nSPS) is 16.7. The highest BCUT2D eigenvalue weighted by atomic mass is 16.5. The lowest BCUT2D eigenvalue weighted by Crippen LogP contribution is -2.38. The summed E-state index contributed by atoms with van der Waals surface area (Å²) in [6.07, 6.45) is 3.06. The highest BCUT2D eigenvalue weighted by Crippen LogP contribution is 2.38. The van der Waals surface area contributed by atoms with Gasteiger partial charge in [-0.1, -0.05) is 26.8 Å². The second kappa shape index (κ2) is 7.58. The van der Waals surface area contributed by atoms with Crippen LogP contribution in [-0.2, 0) is 16.8 Å². The predicted molar refractivity (Wildman–Crippen MR) is 110 cm³/mol. The number of hydrogen-bond donors (Lipinski definition) is 0. The van der Waals surface area contributed by atoms with Crippen LogP contribution in [0, 0.1) is 0 Å². The Morgan fingerprint density at radius 3 is 2.62 bits per heavy atom. The van der Waals surface area contributed by atoms with Crippen molar-refractivity contribution >= 4 is 17.5 Å². The summed E-state index contributed by atoms with van der Waals surface area (Å²) in [5.74, 6) is 1.43. The number of hydrogen-bond acceptors (Lipinski definition) is 4. The Morgan fingerprint density at radius 2 is 1.90 bits per heavy atom. The molecule has 2 aliphatic rings. The van der Waals surface area contributed by atoms with Gasteiger partial charge in [0.15, 0.2) is 12.4 Å². The lowest BCUT2D eigenvalue weighted by molar-refractivity contribution is -0.121. The molecular weight excluding hydrogens is 368 g/mol. The average Bonchev–Trinajstić information content (AvgIpc) is 3.41. The van der Waals surface area contributed by atoms with Crippen LogP contribution in [0.2, 0.25) is 0 Å². The van der Waals surface area contributed by atoms with Gasteiger partial charge in [-0.3, -0.25) is 14.5 Å². The molecule has 0 atom stereocenters. The summed E-state index contributed by atoms with van der Waals surface area (Å²) in [5, 5.41) is 0. The van der Waals surface area contributed by atoms with E-state index in [-0.39, 0.29) is 30.4 Å². The van der Waals surface area contributed by atoms with Crippen LogP contribution in [0.5, 0.6) is 5.75 Å². The van der Waals surface area contributed by atoms with Gasteiger partial charge in [0, 0.05) is 13.1 Å². The monoisotopic (exact) mass is 396 g/mol. The van der Waals surface area contributed by atoms with E-state index in [1.54, 1.807) is 17.0 Å². The SMILES string of the molecule is CCC(C)(C)c1ccc2c(c1)N(Cc1ccc(C(=O)N3CCCC3)o1)C(=O)CO2. The number of likely N-dealkylation sites (tertiary alicyclic amines) is 1. The molecule has 154 valence electrons. The zero-order valence-corrected chi connectivity index (χ0v) is 17.4. The van der Waals surface area contributed by atoms with Crippen molar-refractivity contribution in [1.29, 1.82) is 0 Å². The van der Waals surface area contributed by atoms with Gasteiger partial charge in [-0.2, -0.15) is 0 Å². The molecule has 0 bridgehead atoms. The molecule has 0 radical (unpaired) electrons. The number of amides is 2. The number of nitrogens with zero attached hydrogens (tertiary/aromatic N) is 2. The molecule has 2 aliphatic heterocycles. The molecule has 0 spiro atoms. The van der Waals surface area contributed by atoms with Crippen LogP contribution in [0.4, 0.5) is 5.69 Å². The Hall–Kier alpha value is -2.76. The number of ether oxygens (including phenoxy) is 1. The molecule has 6 heteroatoms. The van der Waals surface area contributed by atoms with E-state index in [2.05, 4.69) is 26.8 Å². The van der Waals surface area contributed by atoms with Gasteiger partial charge in [-0.25, -0.2) is 0 Å². The first kappa shape index (κ1) is 19.6. The molecule has 1 saturated heterocycles. The standard InChI is InChI=1S/C23H28N2O4/c1-4-23(2,3)16-7-9-19-18(13-16)25(21(26)15-28-19)14-17-8-10-20(29-17)22(27)24-11-5-6-12-24/h7-10,13H,4-6,11-12,14-15H2,1-3H3. The lowest BCUT2D eigenvalue weighted by Gasteiger charge is -2.31. The molecule has 0 aliphatic carbocycles. The third-order valence-electron chi connectivity index (χ3n) is 6.15. The average molecular weight is 396 g/mol. The minimum atomic E-state index is -0.118. The largest absolute Gasteiger partial charge is 0.482 e. The van der Waals surface area contributed by atoms with Crippen molar-refractivity contribution in [2.45, 2.75) is 52.0 Å². The van der Waals surface area contributed by atoms with Crippen LogP contribution in [0.15, 0.2) is 34.7 Å². The van der Waals surface area contributed by atoms with E-state index in [4.69, 9.17) is 9.15 Å². The molecule has 0 unspecified atom stereocenters. The molecule has 1 aromatic carbocycles. The fraction of sp³-hybridized carbons (Fsp3) is 0.478. The molecule has 2 amide bonds. The van der Waals surface area contributed by atoms with Crippen molar-refractivity contribution in [2.75, 3.05) is 24.6 Å². The molecule has 6 nitrogen and oxygen atoms in total. The molecule has 3 heterocycles. The molecule has 1 aromatic heterocycles. The Bertz CT molecular complexity index is 925. The van der Waals surface area contributed by atoms with Crippen LogP contribution in [0.25, 0.3) is 0 Å². The minimum absolute atomic E-state index is 0.00118. The van der Waals surface area contributed by atoms with Crippen molar-refractivity contribution in [3.8, 4) is 5.75 Å². The van der Waals surface area contributed by atoms with Crippen LogP contribution in [0.1, 0.15) is 61.9 Å². The van der Waals surface area contributed by atoms with Gasteiger partial charge >= 0.3 is 0 Å². The van der Waals surface area contributed by atoms with Crippen LogP contribution >= 0.6 is 0 Å². The molecule has 0 N–H and O–H groups in total. The van der Waals surface area contributed by atoms with E-state index in [0.717, 1.165) is 43.6 Å². The minimum Gasteiger partial charge on any atom is -0.482 e. The van der Waals surface area contributed by atoms with Gasteiger partial charge in [-0.15, -0.1) is 0 Å². The maximum Gasteiger partial charge on any atom is 0.289 e. The van der Waals surface area contributed by atoms with Crippen molar-refractivity contribution < 1.29 is 18.7 Å². The van der Waals surface area contributed by atoms with E-state index >= 15 is 0 Å². The van der Waals surface area contributed by atoms with Gasteiger partial charge in [0.25, 0.3) is 11.8 Å². The zero-order chi connectivity index (χ0) is 20.6. The summed E-state index contributed by atoms with van der Waals surface area (Å²) in [5.41, 5.74) is 1.91.